The van der Waals surface area contributed by atoms with Gasteiger partial charge in [-0.2, -0.15) is 0 Å². The molecule has 0 radical (unpaired) electrons. The van der Waals surface area contributed by atoms with Crippen LogP contribution in [0, 0.1) is 6.92 Å². The average Bonchev–Trinajstić information content (AvgIpc) is 3.41. The predicted molar refractivity (Wildman–Crippen MR) is 195 cm³/mol. The first-order chi connectivity index (χ1) is 21.5. The topological polar surface area (TPSA) is 12.0 Å². The molecule has 1 N–H and O–H groups in total. The van der Waals surface area contributed by atoms with E-state index in [9.17, 15) is 0 Å². The molecule has 1 heteroatoms. The lowest BCUT2D eigenvalue weighted by molar-refractivity contribution is 0.453. The fourth-order valence-electron chi connectivity index (χ4n) is 8.49. The molecular weight excluding hydrogens is 542 g/mol. The Morgan fingerprint density at radius 3 is 2.00 bits per heavy atom. The van der Waals surface area contributed by atoms with Crippen molar-refractivity contribution in [2.45, 2.75) is 104 Å². The summed E-state index contributed by atoms with van der Waals surface area (Å²) >= 11 is 0. The van der Waals surface area contributed by atoms with E-state index in [2.05, 4.69) is 146 Å². The molecule has 45 heavy (non-hydrogen) atoms. The molecule has 0 atom stereocenters. The maximum atomic E-state index is 3.97. The number of hydrogen-bond acceptors (Lipinski definition) is 1. The molecule has 2 aliphatic rings. The second-order valence-corrected chi connectivity index (χ2v) is 14.9. The summed E-state index contributed by atoms with van der Waals surface area (Å²) in [4.78, 5) is 0. The first-order valence-electron chi connectivity index (χ1n) is 17.3. The van der Waals surface area contributed by atoms with E-state index >= 15 is 0 Å². The van der Waals surface area contributed by atoms with Crippen molar-refractivity contribution in [1.29, 1.82) is 0 Å². The third kappa shape index (κ3) is 4.49. The van der Waals surface area contributed by atoms with Gasteiger partial charge in [-0.15, -0.1) is 0 Å². The zero-order valence-corrected chi connectivity index (χ0v) is 28.6. The van der Waals surface area contributed by atoms with E-state index in [0.29, 0.717) is 0 Å². The highest BCUT2D eigenvalue weighted by atomic mass is 15.0. The van der Waals surface area contributed by atoms with Crippen LogP contribution < -0.4 is 5.32 Å². The minimum atomic E-state index is -0.118. The van der Waals surface area contributed by atoms with Gasteiger partial charge in [0.05, 0.1) is 5.54 Å². The van der Waals surface area contributed by atoms with E-state index in [1.807, 2.05) is 0 Å². The van der Waals surface area contributed by atoms with Crippen molar-refractivity contribution in [3.05, 3.63) is 124 Å². The van der Waals surface area contributed by atoms with Crippen molar-refractivity contribution in [1.82, 2.24) is 0 Å². The van der Waals surface area contributed by atoms with Gasteiger partial charge in [-0.25, -0.2) is 0 Å². The Balaban J connectivity index is 1.35. The van der Waals surface area contributed by atoms with Crippen LogP contribution in [-0.2, 0) is 22.8 Å². The van der Waals surface area contributed by atoms with Gasteiger partial charge >= 0.3 is 0 Å². The highest BCUT2D eigenvalue weighted by Gasteiger charge is 2.43. The molecule has 230 valence electrons. The number of unbranched alkanes of at least 4 members (excludes halogenated alkanes) is 1. The molecule has 5 aromatic carbocycles. The Labute approximate surface area is 271 Å². The van der Waals surface area contributed by atoms with Crippen molar-refractivity contribution in [3.8, 4) is 22.3 Å². The quantitative estimate of drug-likeness (QED) is 0.189. The Bertz CT molecular complexity index is 1930. The Hall–Kier alpha value is -3.84. The van der Waals surface area contributed by atoms with Gasteiger partial charge < -0.3 is 5.32 Å². The molecule has 0 amide bonds. The van der Waals surface area contributed by atoms with Crippen LogP contribution in [0.5, 0.6) is 0 Å². The van der Waals surface area contributed by atoms with Gasteiger partial charge in [-0.3, -0.25) is 0 Å². The number of nitrogens with one attached hydrogen (secondary N) is 1. The van der Waals surface area contributed by atoms with Crippen LogP contribution in [-0.4, -0.2) is 0 Å². The lowest BCUT2D eigenvalue weighted by atomic mass is 9.77. The smallest absolute Gasteiger partial charge is 0.0620 e. The Morgan fingerprint density at radius 2 is 1.29 bits per heavy atom. The SMILES string of the molecule is CCCCc1ccc2c3c(ccc2c1)C(C)(C)c1cc2c(cc1-3)C(C)(C)c1cc(C(CC)(CC)Nc3ccc(C)cc3)ccc1-2. The molecule has 5 aromatic rings. The predicted octanol–water partition coefficient (Wildman–Crippen LogP) is 12.2. The van der Waals surface area contributed by atoms with Gasteiger partial charge in [0.1, 0.15) is 0 Å². The number of anilines is 1. The maximum Gasteiger partial charge on any atom is 0.0620 e. The highest BCUT2D eigenvalue weighted by molar-refractivity contribution is 6.04. The van der Waals surface area contributed by atoms with E-state index in [1.54, 1.807) is 0 Å². The third-order valence-electron chi connectivity index (χ3n) is 11.5. The molecule has 0 fully saturated rings. The van der Waals surface area contributed by atoms with Gasteiger partial charge in [0.25, 0.3) is 0 Å². The first kappa shape index (κ1) is 29.8. The molecule has 1 nitrogen and oxygen atoms in total. The molecule has 0 aromatic heterocycles. The molecule has 0 spiro atoms. The monoisotopic (exact) mass is 591 g/mol. The number of hydrogen-bond donors (Lipinski definition) is 1. The minimum absolute atomic E-state index is 0.0425. The largest absolute Gasteiger partial charge is 0.376 e. The van der Waals surface area contributed by atoms with Crippen LogP contribution in [0.3, 0.4) is 0 Å². The summed E-state index contributed by atoms with van der Waals surface area (Å²) in [6, 6.07) is 33.3. The van der Waals surface area contributed by atoms with Crippen molar-refractivity contribution in [2.24, 2.45) is 0 Å². The molecule has 0 bridgehead atoms. The van der Waals surface area contributed by atoms with Crippen LogP contribution in [0.2, 0.25) is 0 Å². The molecule has 7 rings (SSSR count). The third-order valence-corrected chi connectivity index (χ3v) is 11.5. The number of fused-ring (bicyclic) bond motifs is 8. The Morgan fingerprint density at radius 1 is 0.622 bits per heavy atom. The molecule has 0 saturated carbocycles. The zero-order valence-electron chi connectivity index (χ0n) is 28.6. The second-order valence-electron chi connectivity index (χ2n) is 14.9. The van der Waals surface area contributed by atoms with Gasteiger partial charge in [-0.05, 0) is 123 Å². The van der Waals surface area contributed by atoms with Crippen molar-refractivity contribution in [2.75, 3.05) is 5.32 Å². The second kappa shape index (κ2) is 10.6. The summed E-state index contributed by atoms with van der Waals surface area (Å²) in [5.74, 6) is 0. The fraction of sp³-hybridized carbons (Fsp3) is 0.364. The first-order valence-corrected chi connectivity index (χ1v) is 17.3. The van der Waals surface area contributed by atoms with Crippen LogP contribution in [0.25, 0.3) is 33.0 Å². The van der Waals surface area contributed by atoms with E-state index < -0.39 is 0 Å². The van der Waals surface area contributed by atoms with Gasteiger partial charge in [-0.1, -0.05) is 121 Å². The van der Waals surface area contributed by atoms with Crippen molar-refractivity contribution >= 4 is 16.5 Å². The lowest BCUT2D eigenvalue weighted by Gasteiger charge is -2.36. The number of aryl methyl sites for hydroxylation is 2. The van der Waals surface area contributed by atoms with E-state index in [1.165, 1.54) is 90.5 Å². The average molecular weight is 592 g/mol. The minimum Gasteiger partial charge on any atom is -0.376 e. The number of benzene rings is 5. The molecule has 0 heterocycles. The molecule has 0 aliphatic heterocycles. The molecule has 0 saturated heterocycles. The molecular formula is C44H49N. The van der Waals surface area contributed by atoms with Crippen molar-refractivity contribution in [3.63, 3.8) is 0 Å². The normalized spacial score (nSPS) is 15.5. The highest BCUT2D eigenvalue weighted by Crippen LogP contribution is 2.57. The molecule has 2 aliphatic carbocycles. The summed E-state index contributed by atoms with van der Waals surface area (Å²) in [5, 5.41) is 6.73. The van der Waals surface area contributed by atoms with E-state index in [-0.39, 0.29) is 16.4 Å². The standard InChI is InChI=1S/C44H49N/c1-9-12-13-29-16-21-33-30(24-29)17-23-37-41(33)36-27-39-35(26-40(36)42(37,5)6)34-22-18-31(25-38(34)43(39,7)8)44(10-2,11-3)45-32-19-14-28(4)15-20-32/h14-27,45H,9-13H2,1-8H3. The van der Waals surface area contributed by atoms with E-state index in [4.69, 9.17) is 0 Å². The van der Waals surface area contributed by atoms with Crippen molar-refractivity contribution < 1.29 is 0 Å². The van der Waals surface area contributed by atoms with Gasteiger partial charge in [0, 0.05) is 16.5 Å². The Kier molecular flexibility index (Phi) is 7.04. The van der Waals surface area contributed by atoms with Crippen LogP contribution in [0.4, 0.5) is 5.69 Å². The summed E-state index contributed by atoms with van der Waals surface area (Å²) in [5.41, 5.74) is 16.6. The zero-order chi connectivity index (χ0) is 31.7. The van der Waals surface area contributed by atoms with Gasteiger partial charge in [0.15, 0.2) is 0 Å². The lowest BCUT2D eigenvalue weighted by Crippen LogP contribution is -2.34. The summed E-state index contributed by atoms with van der Waals surface area (Å²) in [7, 11) is 0. The van der Waals surface area contributed by atoms with Crippen LogP contribution in [0.1, 0.15) is 113 Å². The maximum absolute atomic E-state index is 3.97. The van der Waals surface area contributed by atoms with E-state index in [0.717, 1.165) is 19.3 Å². The number of rotatable bonds is 8. The van der Waals surface area contributed by atoms with Crippen LogP contribution >= 0.6 is 0 Å². The summed E-state index contributed by atoms with van der Waals surface area (Å²) < 4.78 is 0. The summed E-state index contributed by atoms with van der Waals surface area (Å²) in [6.07, 6.45) is 5.68. The molecule has 0 unspecified atom stereocenters. The van der Waals surface area contributed by atoms with Crippen LogP contribution in [0.15, 0.2) is 84.9 Å². The fourth-order valence-corrected chi connectivity index (χ4v) is 8.49. The van der Waals surface area contributed by atoms with Gasteiger partial charge in [0.2, 0.25) is 0 Å². The summed E-state index contributed by atoms with van der Waals surface area (Å²) in [6.45, 7) is 18.8.